The van der Waals surface area contributed by atoms with E-state index in [1.165, 1.54) is 14.2 Å². The lowest BCUT2D eigenvalue weighted by Crippen LogP contribution is -2.06. The fraction of sp³-hybridized carbons (Fsp3) is 0.263. The molecule has 0 spiro atoms. The highest BCUT2D eigenvalue weighted by molar-refractivity contribution is 5.91. The van der Waals surface area contributed by atoms with Gasteiger partial charge in [-0.2, -0.15) is 0 Å². The van der Waals surface area contributed by atoms with E-state index in [2.05, 4.69) is 0 Å². The molecule has 0 amide bonds. The molecule has 0 heterocycles. The molecule has 128 valence electrons. The van der Waals surface area contributed by atoms with E-state index < -0.39 is 0 Å². The number of rotatable bonds is 4. The molecule has 0 aromatic heterocycles. The molecule has 0 aliphatic heterocycles. The third-order valence-electron chi connectivity index (χ3n) is 3.82. The van der Waals surface area contributed by atoms with Gasteiger partial charge in [-0.1, -0.05) is 24.3 Å². The van der Waals surface area contributed by atoms with E-state index >= 15 is 0 Å². The molecule has 0 atom stereocenters. The topological polar surface area (TPSA) is 87.6 Å². The predicted octanol–water partition coefficient (Wildman–Crippen LogP) is 3.63. The summed E-state index contributed by atoms with van der Waals surface area (Å²) in [6, 6.07) is 11.4. The number of ether oxygens (including phenoxy) is 2. The Kier molecular flexibility index (Phi) is 6.68. The maximum absolute atomic E-state index is 11.8. The highest BCUT2D eigenvalue weighted by Crippen LogP contribution is 2.18. The zero-order chi connectivity index (χ0) is 17.0. The molecule has 0 aliphatic carbocycles. The minimum absolute atomic E-state index is 0. The Hall–Kier alpha value is -2.66. The maximum Gasteiger partial charge on any atom is 0.338 e. The van der Waals surface area contributed by atoms with E-state index in [-0.39, 0.29) is 18.1 Å². The molecule has 0 bridgehead atoms. The Morgan fingerprint density at radius 2 is 1.17 bits per heavy atom. The van der Waals surface area contributed by atoms with Crippen molar-refractivity contribution in [2.24, 2.45) is 0 Å². The highest BCUT2D eigenvalue weighted by atomic mass is 16.5. The largest absolute Gasteiger partial charge is 0.465 e. The first kappa shape index (κ1) is 19.4. The minimum Gasteiger partial charge on any atom is -0.465 e. The summed E-state index contributed by atoms with van der Waals surface area (Å²) < 4.78 is 9.61. The molecule has 0 unspecified atom stereocenters. The van der Waals surface area contributed by atoms with Crippen molar-refractivity contribution in [3.8, 4) is 0 Å². The Balaban J connectivity index is 0.00000288. The molecule has 0 fully saturated rings. The van der Waals surface area contributed by atoms with Crippen LogP contribution in [0.3, 0.4) is 0 Å². The molecular weight excluding hydrogens is 306 g/mol. The summed E-state index contributed by atoms with van der Waals surface area (Å²) in [5.74, 6) is -0.688. The van der Waals surface area contributed by atoms with Crippen LogP contribution in [0, 0.1) is 13.8 Å². The summed E-state index contributed by atoms with van der Waals surface area (Å²) in [5, 5.41) is 0. The molecule has 5 nitrogen and oxygen atoms in total. The summed E-state index contributed by atoms with van der Waals surface area (Å²) in [5.41, 5.74) is 4.83. The molecule has 0 radical (unpaired) electrons. The Bertz CT molecular complexity index is 690. The normalized spacial score (nSPS) is 9.83. The van der Waals surface area contributed by atoms with Crippen LogP contribution in [0.25, 0.3) is 0 Å². The van der Waals surface area contributed by atoms with Crippen molar-refractivity contribution in [2.75, 3.05) is 14.2 Å². The number of methoxy groups -OCH3 is 2. The minimum atomic E-state index is -0.344. The van der Waals surface area contributed by atoms with Gasteiger partial charge in [0, 0.05) is 0 Å². The van der Waals surface area contributed by atoms with Crippen molar-refractivity contribution in [1.29, 1.82) is 0 Å². The lowest BCUT2D eigenvalue weighted by molar-refractivity contribution is 0.0591. The van der Waals surface area contributed by atoms with Crippen LogP contribution in [0.2, 0.25) is 0 Å². The quantitative estimate of drug-likeness (QED) is 0.865. The number of aryl methyl sites for hydroxylation is 2. The van der Waals surface area contributed by atoms with Crippen LogP contribution < -0.4 is 6.15 Å². The van der Waals surface area contributed by atoms with Crippen molar-refractivity contribution < 1.29 is 19.1 Å². The molecule has 2 aromatic rings. The average molecular weight is 329 g/mol. The van der Waals surface area contributed by atoms with Crippen LogP contribution in [-0.4, -0.2) is 26.2 Å². The van der Waals surface area contributed by atoms with Crippen LogP contribution in [0.4, 0.5) is 0 Å². The summed E-state index contributed by atoms with van der Waals surface area (Å²) in [7, 11) is 2.74. The van der Waals surface area contributed by atoms with E-state index in [9.17, 15) is 9.59 Å². The van der Waals surface area contributed by atoms with Crippen molar-refractivity contribution in [3.63, 3.8) is 0 Å². The molecule has 0 aliphatic rings. The number of esters is 2. The van der Waals surface area contributed by atoms with Gasteiger partial charge < -0.3 is 15.6 Å². The van der Waals surface area contributed by atoms with E-state index in [0.717, 1.165) is 22.3 Å². The first-order valence-corrected chi connectivity index (χ1v) is 7.32. The van der Waals surface area contributed by atoms with Gasteiger partial charge in [0.1, 0.15) is 0 Å². The number of hydrogen-bond acceptors (Lipinski definition) is 5. The van der Waals surface area contributed by atoms with Crippen LogP contribution in [0.5, 0.6) is 0 Å². The first-order chi connectivity index (χ1) is 11.0. The van der Waals surface area contributed by atoms with Gasteiger partial charge in [0.2, 0.25) is 0 Å². The van der Waals surface area contributed by atoms with Gasteiger partial charge in [-0.15, -0.1) is 0 Å². The summed E-state index contributed by atoms with van der Waals surface area (Å²) >= 11 is 0. The summed E-state index contributed by atoms with van der Waals surface area (Å²) in [6.07, 6.45) is 0.620. The van der Waals surface area contributed by atoms with Crippen LogP contribution >= 0.6 is 0 Å². The molecule has 2 rings (SSSR count). The van der Waals surface area contributed by atoms with Gasteiger partial charge >= 0.3 is 11.9 Å². The monoisotopic (exact) mass is 329 g/mol. The van der Waals surface area contributed by atoms with Gasteiger partial charge in [0.15, 0.2) is 0 Å². The Labute approximate surface area is 142 Å². The zero-order valence-electron chi connectivity index (χ0n) is 14.5. The predicted molar refractivity (Wildman–Crippen MR) is 92.9 cm³/mol. The summed E-state index contributed by atoms with van der Waals surface area (Å²) in [6.45, 7) is 3.74. The average Bonchev–Trinajstić information content (AvgIpc) is 2.56. The second-order valence-corrected chi connectivity index (χ2v) is 5.46. The molecule has 2 aromatic carbocycles. The molecule has 24 heavy (non-hydrogen) atoms. The molecule has 3 N–H and O–H groups in total. The number of carbonyl (C=O) groups excluding carboxylic acids is 2. The second kappa shape index (κ2) is 8.26. The lowest BCUT2D eigenvalue weighted by atomic mass is 9.97. The smallest absolute Gasteiger partial charge is 0.338 e. The number of benzene rings is 2. The third kappa shape index (κ3) is 4.20. The maximum atomic E-state index is 11.8. The SMILES string of the molecule is COC(=O)c1cc(Cc2ccc(C)c(C(=O)OC)c2)ccc1C.N. The van der Waals surface area contributed by atoms with E-state index in [0.29, 0.717) is 17.5 Å². The molecular formula is C19H23NO4. The number of hydrogen-bond donors (Lipinski definition) is 1. The number of carbonyl (C=O) groups is 2. The van der Waals surface area contributed by atoms with Crippen molar-refractivity contribution in [1.82, 2.24) is 6.15 Å². The van der Waals surface area contributed by atoms with Crippen LogP contribution in [-0.2, 0) is 15.9 Å². The molecule has 5 heteroatoms. The zero-order valence-corrected chi connectivity index (χ0v) is 14.5. The Morgan fingerprint density at radius 3 is 1.50 bits per heavy atom. The van der Waals surface area contributed by atoms with Gasteiger partial charge in [-0.25, -0.2) is 9.59 Å². The van der Waals surface area contributed by atoms with Crippen LogP contribution in [0.15, 0.2) is 36.4 Å². The van der Waals surface area contributed by atoms with Crippen molar-refractivity contribution in [2.45, 2.75) is 20.3 Å². The standard InChI is InChI=1S/C19H20O4.H3N/c1-12-5-7-14(10-16(12)18(20)22-3)9-15-8-6-13(2)17(11-15)19(21)23-4;/h5-8,10-11H,9H2,1-4H3;1H3. The van der Waals surface area contributed by atoms with E-state index in [1.54, 1.807) is 0 Å². The van der Waals surface area contributed by atoms with E-state index in [4.69, 9.17) is 9.47 Å². The van der Waals surface area contributed by atoms with Crippen LogP contribution in [0.1, 0.15) is 43.0 Å². The highest BCUT2D eigenvalue weighted by Gasteiger charge is 2.12. The fourth-order valence-electron chi connectivity index (χ4n) is 2.45. The third-order valence-corrected chi connectivity index (χ3v) is 3.82. The van der Waals surface area contributed by atoms with Gasteiger partial charge in [0.25, 0.3) is 0 Å². The Morgan fingerprint density at radius 1 is 0.792 bits per heavy atom. The van der Waals surface area contributed by atoms with Gasteiger partial charge in [-0.05, 0) is 54.7 Å². The fourth-order valence-corrected chi connectivity index (χ4v) is 2.45. The van der Waals surface area contributed by atoms with Crippen molar-refractivity contribution in [3.05, 3.63) is 69.8 Å². The van der Waals surface area contributed by atoms with E-state index in [1.807, 2.05) is 50.2 Å². The first-order valence-electron chi connectivity index (χ1n) is 7.32. The molecule has 0 saturated heterocycles. The summed E-state index contributed by atoms with van der Waals surface area (Å²) in [4.78, 5) is 23.6. The van der Waals surface area contributed by atoms with Gasteiger partial charge in [-0.3, -0.25) is 0 Å². The van der Waals surface area contributed by atoms with Crippen molar-refractivity contribution >= 4 is 11.9 Å². The second-order valence-electron chi connectivity index (χ2n) is 5.46. The lowest BCUT2D eigenvalue weighted by Gasteiger charge is -2.10. The van der Waals surface area contributed by atoms with Gasteiger partial charge in [0.05, 0.1) is 25.3 Å². The molecule has 0 saturated carbocycles.